The van der Waals surface area contributed by atoms with E-state index in [-0.39, 0.29) is 5.41 Å². The summed E-state index contributed by atoms with van der Waals surface area (Å²) in [6.07, 6.45) is 0. The first-order chi connectivity index (χ1) is 28.0. The van der Waals surface area contributed by atoms with Gasteiger partial charge in [0.1, 0.15) is 0 Å². The molecular formula is C54H37N3. The van der Waals surface area contributed by atoms with Crippen molar-refractivity contribution in [3.63, 3.8) is 0 Å². The number of rotatable bonds is 5. The minimum atomic E-state index is -0.0618. The van der Waals surface area contributed by atoms with E-state index >= 15 is 0 Å². The molecule has 268 valence electrons. The van der Waals surface area contributed by atoms with Crippen molar-refractivity contribution >= 4 is 32.3 Å². The summed E-state index contributed by atoms with van der Waals surface area (Å²) in [7, 11) is 0. The summed E-state index contributed by atoms with van der Waals surface area (Å²) in [6, 6.07) is 67.2. The molecule has 3 nitrogen and oxygen atoms in total. The molecule has 0 saturated heterocycles. The lowest BCUT2D eigenvalue weighted by atomic mass is 9.82. The van der Waals surface area contributed by atoms with E-state index < -0.39 is 0 Å². The van der Waals surface area contributed by atoms with Crippen molar-refractivity contribution in [3.8, 4) is 67.5 Å². The average molecular weight is 728 g/mol. The summed E-state index contributed by atoms with van der Waals surface area (Å²) in [5.41, 5.74) is 12.8. The van der Waals surface area contributed by atoms with Gasteiger partial charge in [-0.1, -0.05) is 196 Å². The second-order valence-corrected chi connectivity index (χ2v) is 15.5. The number of nitrogens with zero attached hydrogens (tertiary/aromatic N) is 3. The summed E-state index contributed by atoms with van der Waals surface area (Å²) >= 11 is 0. The second-order valence-electron chi connectivity index (χ2n) is 15.5. The predicted octanol–water partition coefficient (Wildman–Crippen LogP) is 14.0. The normalized spacial score (nSPS) is 12.9. The minimum absolute atomic E-state index is 0.0618. The molecule has 0 aliphatic heterocycles. The quantitative estimate of drug-likeness (QED) is 0.131. The Balaban J connectivity index is 1.14. The second kappa shape index (κ2) is 12.9. The molecular weight excluding hydrogens is 691 g/mol. The lowest BCUT2D eigenvalue weighted by Crippen LogP contribution is -2.14. The first kappa shape index (κ1) is 33.1. The van der Waals surface area contributed by atoms with Crippen LogP contribution in [0.5, 0.6) is 0 Å². The highest BCUT2D eigenvalue weighted by atomic mass is 15.0. The zero-order chi connectivity index (χ0) is 38.1. The molecule has 10 aromatic rings. The van der Waals surface area contributed by atoms with Gasteiger partial charge in [0.2, 0.25) is 0 Å². The SMILES string of the molecule is CC1(C)c2ccccc2-c2c(-c3ccc(-c4nc(-c5ccccc5-c5ccccc5)nc(-c5c6ccccc6cc6c5ccc5ccccc56)n4)cc3)cccc21. The van der Waals surface area contributed by atoms with E-state index in [9.17, 15) is 0 Å². The summed E-state index contributed by atoms with van der Waals surface area (Å²) < 4.78 is 0. The van der Waals surface area contributed by atoms with Crippen LogP contribution in [0.4, 0.5) is 0 Å². The molecule has 1 aliphatic rings. The van der Waals surface area contributed by atoms with E-state index in [1.807, 2.05) is 6.07 Å². The Morgan fingerprint density at radius 3 is 1.72 bits per heavy atom. The van der Waals surface area contributed by atoms with Gasteiger partial charge in [-0.3, -0.25) is 0 Å². The molecule has 1 aromatic heterocycles. The minimum Gasteiger partial charge on any atom is -0.208 e. The largest absolute Gasteiger partial charge is 0.208 e. The third kappa shape index (κ3) is 5.31. The summed E-state index contributed by atoms with van der Waals surface area (Å²) in [6.45, 7) is 4.66. The number of hydrogen-bond acceptors (Lipinski definition) is 3. The number of fused-ring (bicyclic) bond motifs is 7. The zero-order valence-electron chi connectivity index (χ0n) is 31.7. The lowest BCUT2D eigenvalue weighted by Gasteiger charge is -2.21. The Morgan fingerprint density at radius 2 is 0.895 bits per heavy atom. The van der Waals surface area contributed by atoms with Crippen molar-refractivity contribution in [2.75, 3.05) is 0 Å². The van der Waals surface area contributed by atoms with Crippen LogP contribution in [-0.4, -0.2) is 15.0 Å². The Hall–Kier alpha value is -7.23. The topological polar surface area (TPSA) is 38.7 Å². The van der Waals surface area contributed by atoms with Crippen molar-refractivity contribution in [2.45, 2.75) is 19.3 Å². The smallest absolute Gasteiger partial charge is 0.165 e. The third-order valence-electron chi connectivity index (χ3n) is 11.9. The zero-order valence-corrected chi connectivity index (χ0v) is 31.7. The van der Waals surface area contributed by atoms with E-state index in [1.165, 1.54) is 49.5 Å². The fourth-order valence-corrected chi connectivity index (χ4v) is 9.14. The van der Waals surface area contributed by atoms with Gasteiger partial charge in [0.25, 0.3) is 0 Å². The molecule has 1 heterocycles. The highest BCUT2D eigenvalue weighted by Gasteiger charge is 2.36. The van der Waals surface area contributed by atoms with Crippen molar-refractivity contribution in [1.29, 1.82) is 0 Å². The molecule has 0 unspecified atom stereocenters. The van der Waals surface area contributed by atoms with Crippen LogP contribution in [0.3, 0.4) is 0 Å². The Labute approximate surface area is 332 Å². The molecule has 0 N–H and O–H groups in total. The summed E-state index contributed by atoms with van der Waals surface area (Å²) in [4.78, 5) is 16.0. The molecule has 3 heteroatoms. The van der Waals surface area contributed by atoms with E-state index in [1.54, 1.807) is 0 Å². The maximum Gasteiger partial charge on any atom is 0.165 e. The van der Waals surface area contributed by atoms with Gasteiger partial charge in [-0.25, -0.2) is 15.0 Å². The van der Waals surface area contributed by atoms with Crippen molar-refractivity contribution in [3.05, 3.63) is 199 Å². The molecule has 0 spiro atoms. The Bertz CT molecular complexity index is 3200. The van der Waals surface area contributed by atoms with Gasteiger partial charge in [-0.05, 0) is 82.9 Å². The van der Waals surface area contributed by atoms with Crippen LogP contribution >= 0.6 is 0 Å². The standard InChI is InChI=1S/C54H37N3/c1-54(2)47-25-13-12-23-45(47)49-41(24-14-26-48(49)54)36-27-29-37(30-28-36)51-55-52(44-22-11-10-19-39(44)34-15-4-3-5-16-34)57-53(56-51)50-42-21-9-7-18-38(42)33-46-40-20-8-6-17-35(40)31-32-43(46)50/h3-33H,1-2H3. The number of hydrogen-bond donors (Lipinski definition) is 0. The molecule has 0 radical (unpaired) electrons. The van der Waals surface area contributed by atoms with Crippen LogP contribution in [0.25, 0.3) is 99.9 Å². The van der Waals surface area contributed by atoms with Crippen LogP contribution < -0.4 is 0 Å². The van der Waals surface area contributed by atoms with Gasteiger partial charge >= 0.3 is 0 Å². The first-order valence-electron chi connectivity index (χ1n) is 19.6. The highest BCUT2D eigenvalue weighted by Crippen LogP contribution is 2.52. The van der Waals surface area contributed by atoms with E-state index in [0.29, 0.717) is 17.5 Å². The van der Waals surface area contributed by atoms with Gasteiger partial charge in [0, 0.05) is 22.1 Å². The fraction of sp³-hybridized carbons (Fsp3) is 0.0556. The monoisotopic (exact) mass is 727 g/mol. The van der Waals surface area contributed by atoms with Gasteiger partial charge < -0.3 is 0 Å². The van der Waals surface area contributed by atoms with Gasteiger partial charge in [-0.2, -0.15) is 0 Å². The van der Waals surface area contributed by atoms with Gasteiger partial charge in [-0.15, -0.1) is 0 Å². The molecule has 1 aliphatic carbocycles. The molecule has 0 bridgehead atoms. The number of aromatic nitrogens is 3. The molecule has 0 amide bonds. The van der Waals surface area contributed by atoms with Crippen LogP contribution in [0.15, 0.2) is 188 Å². The summed E-state index contributed by atoms with van der Waals surface area (Å²) in [5, 5.41) is 6.96. The van der Waals surface area contributed by atoms with E-state index in [2.05, 4.69) is 196 Å². The van der Waals surface area contributed by atoms with Crippen LogP contribution in [0.1, 0.15) is 25.0 Å². The lowest BCUT2D eigenvalue weighted by molar-refractivity contribution is 0.660. The number of benzene rings is 9. The third-order valence-corrected chi connectivity index (χ3v) is 11.9. The van der Waals surface area contributed by atoms with Crippen molar-refractivity contribution in [1.82, 2.24) is 15.0 Å². The average Bonchev–Trinajstić information content (AvgIpc) is 3.51. The Kier molecular flexibility index (Phi) is 7.52. The molecule has 0 fully saturated rings. The molecule has 57 heavy (non-hydrogen) atoms. The van der Waals surface area contributed by atoms with Crippen LogP contribution in [-0.2, 0) is 5.41 Å². The van der Waals surface area contributed by atoms with Crippen molar-refractivity contribution < 1.29 is 0 Å². The van der Waals surface area contributed by atoms with Gasteiger partial charge in [0.05, 0.1) is 0 Å². The van der Waals surface area contributed by atoms with Crippen molar-refractivity contribution in [2.24, 2.45) is 0 Å². The molecule has 0 saturated carbocycles. The predicted molar refractivity (Wildman–Crippen MR) is 237 cm³/mol. The highest BCUT2D eigenvalue weighted by molar-refractivity contribution is 6.19. The Morgan fingerprint density at radius 1 is 0.316 bits per heavy atom. The van der Waals surface area contributed by atoms with Crippen LogP contribution in [0.2, 0.25) is 0 Å². The van der Waals surface area contributed by atoms with E-state index in [4.69, 9.17) is 15.0 Å². The summed E-state index contributed by atoms with van der Waals surface area (Å²) in [5.74, 6) is 1.93. The van der Waals surface area contributed by atoms with E-state index in [0.717, 1.165) is 44.0 Å². The maximum atomic E-state index is 5.38. The van der Waals surface area contributed by atoms with Crippen LogP contribution in [0, 0.1) is 0 Å². The fourth-order valence-electron chi connectivity index (χ4n) is 9.14. The van der Waals surface area contributed by atoms with Gasteiger partial charge in [0.15, 0.2) is 17.5 Å². The molecule has 9 aromatic carbocycles. The molecule has 11 rings (SSSR count). The molecule has 0 atom stereocenters. The first-order valence-corrected chi connectivity index (χ1v) is 19.6. The maximum absolute atomic E-state index is 5.38.